The molecule has 0 saturated heterocycles. The lowest BCUT2D eigenvalue weighted by Crippen LogP contribution is -2.08. The van der Waals surface area contributed by atoms with Gasteiger partial charge < -0.3 is 10.6 Å². The maximum atomic E-state index is 9.47. The van der Waals surface area contributed by atoms with Gasteiger partial charge in [0.2, 0.25) is 0 Å². The van der Waals surface area contributed by atoms with Crippen LogP contribution in [0.25, 0.3) is 16.9 Å². The van der Waals surface area contributed by atoms with E-state index in [-0.39, 0.29) is 5.82 Å². The summed E-state index contributed by atoms with van der Waals surface area (Å²) in [4.78, 5) is 2.03. The normalized spacial score (nSPS) is 10.3. The minimum atomic E-state index is 0.239. The van der Waals surface area contributed by atoms with Crippen LogP contribution in [-0.2, 0) is 0 Å². The van der Waals surface area contributed by atoms with Gasteiger partial charge in [-0.15, -0.1) is 5.10 Å². The molecule has 23 heavy (non-hydrogen) atoms. The molecule has 0 bridgehead atoms. The number of hydrogen-bond donors (Lipinski definition) is 1. The topological polar surface area (TPSA) is 70.9 Å². The van der Waals surface area contributed by atoms with Gasteiger partial charge in [-0.25, -0.2) is 4.68 Å². The number of nitriles is 1. The van der Waals surface area contributed by atoms with Crippen molar-refractivity contribution >= 4 is 11.5 Å². The van der Waals surface area contributed by atoms with Crippen LogP contribution in [0.3, 0.4) is 0 Å². The van der Waals surface area contributed by atoms with Gasteiger partial charge in [0, 0.05) is 25.3 Å². The van der Waals surface area contributed by atoms with Gasteiger partial charge in [0.1, 0.15) is 11.6 Å². The van der Waals surface area contributed by atoms with Crippen molar-refractivity contribution in [3.8, 4) is 23.0 Å². The Balaban J connectivity index is 2.20. The zero-order valence-electron chi connectivity index (χ0n) is 13.1. The standard InChI is InChI=1S/C18H17N5/c1-22(2)14-10-8-13(9-11-14)17-16(12-19)18(20)21-23(17)15-6-4-3-5-7-15/h3-11H,1-2H3,(H2,20,21). The molecule has 5 nitrogen and oxygen atoms in total. The van der Waals surface area contributed by atoms with Crippen molar-refractivity contribution in [2.45, 2.75) is 0 Å². The van der Waals surface area contributed by atoms with Crippen LogP contribution in [0.15, 0.2) is 54.6 Å². The molecule has 0 atom stereocenters. The third kappa shape index (κ3) is 2.62. The Morgan fingerprint density at radius 3 is 2.26 bits per heavy atom. The third-order valence-electron chi connectivity index (χ3n) is 3.68. The van der Waals surface area contributed by atoms with Crippen LogP contribution in [-0.4, -0.2) is 23.9 Å². The molecule has 2 aromatic carbocycles. The zero-order chi connectivity index (χ0) is 16.4. The second-order valence-corrected chi connectivity index (χ2v) is 5.41. The lowest BCUT2D eigenvalue weighted by Gasteiger charge is -2.13. The van der Waals surface area contributed by atoms with Crippen molar-refractivity contribution in [1.82, 2.24) is 9.78 Å². The van der Waals surface area contributed by atoms with Crippen molar-refractivity contribution in [2.24, 2.45) is 0 Å². The smallest absolute Gasteiger partial charge is 0.164 e. The monoisotopic (exact) mass is 303 g/mol. The Morgan fingerprint density at radius 2 is 1.70 bits per heavy atom. The van der Waals surface area contributed by atoms with Gasteiger partial charge in [-0.05, 0) is 24.3 Å². The Hall–Kier alpha value is -3.26. The predicted octanol–water partition coefficient (Wildman–Crippen LogP) is 3.06. The first-order valence-corrected chi connectivity index (χ1v) is 7.23. The van der Waals surface area contributed by atoms with E-state index in [1.807, 2.05) is 73.6 Å². The Morgan fingerprint density at radius 1 is 1.04 bits per heavy atom. The number of anilines is 2. The summed E-state index contributed by atoms with van der Waals surface area (Å²) in [6.07, 6.45) is 0. The SMILES string of the molecule is CN(C)c1ccc(-c2c(C#N)c(N)nn2-c2ccccc2)cc1. The number of para-hydroxylation sites is 1. The molecule has 0 fully saturated rings. The molecule has 2 N–H and O–H groups in total. The number of nitrogens with zero attached hydrogens (tertiary/aromatic N) is 4. The van der Waals surface area contributed by atoms with E-state index in [0.29, 0.717) is 11.3 Å². The molecule has 0 radical (unpaired) electrons. The first kappa shape index (κ1) is 14.7. The second kappa shape index (κ2) is 5.85. The minimum absolute atomic E-state index is 0.239. The van der Waals surface area contributed by atoms with E-state index in [4.69, 9.17) is 5.73 Å². The predicted molar refractivity (Wildman–Crippen MR) is 92.5 cm³/mol. The first-order valence-electron chi connectivity index (χ1n) is 7.23. The van der Waals surface area contributed by atoms with Crippen molar-refractivity contribution in [3.05, 3.63) is 60.2 Å². The molecule has 0 unspecified atom stereocenters. The largest absolute Gasteiger partial charge is 0.381 e. The molecular weight excluding hydrogens is 286 g/mol. The molecule has 1 heterocycles. The fraction of sp³-hybridized carbons (Fsp3) is 0.111. The van der Waals surface area contributed by atoms with E-state index >= 15 is 0 Å². The van der Waals surface area contributed by atoms with Crippen molar-refractivity contribution in [2.75, 3.05) is 24.7 Å². The number of rotatable bonds is 3. The number of nitrogens with two attached hydrogens (primary N) is 1. The molecule has 0 amide bonds. The summed E-state index contributed by atoms with van der Waals surface area (Å²) >= 11 is 0. The molecule has 0 aliphatic carbocycles. The maximum absolute atomic E-state index is 9.47. The van der Waals surface area contributed by atoms with Crippen LogP contribution < -0.4 is 10.6 Å². The molecule has 0 aliphatic heterocycles. The first-order chi connectivity index (χ1) is 11.1. The highest BCUT2D eigenvalue weighted by Gasteiger charge is 2.18. The molecule has 3 rings (SSSR count). The highest BCUT2D eigenvalue weighted by Crippen LogP contribution is 2.31. The lowest BCUT2D eigenvalue weighted by molar-refractivity contribution is 0.893. The van der Waals surface area contributed by atoms with E-state index in [1.165, 1.54) is 0 Å². The van der Waals surface area contributed by atoms with E-state index in [1.54, 1.807) is 4.68 Å². The van der Waals surface area contributed by atoms with Crippen LogP contribution in [0.5, 0.6) is 0 Å². The number of hydrogen-bond acceptors (Lipinski definition) is 4. The number of aromatic nitrogens is 2. The molecule has 1 aromatic heterocycles. The summed E-state index contributed by atoms with van der Waals surface area (Å²) < 4.78 is 1.72. The molecule has 0 aliphatic rings. The van der Waals surface area contributed by atoms with E-state index < -0.39 is 0 Å². The van der Waals surface area contributed by atoms with Crippen molar-refractivity contribution in [3.63, 3.8) is 0 Å². The second-order valence-electron chi connectivity index (χ2n) is 5.41. The quantitative estimate of drug-likeness (QED) is 0.807. The van der Waals surface area contributed by atoms with Crippen molar-refractivity contribution in [1.29, 1.82) is 5.26 Å². The Kier molecular flexibility index (Phi) is 3.73. The van der Waals surface area contributed by atoms with Crippen LogP contribution in [0.4, 0.5) is 11.5 Å². The fourth-order valence-corrected chi connectivity index (χ4v) is 2.49. The van der Waals surface area contributed by atoms with Crippen LogP contribution >= 0.6 is 0 Å². The minimum Gasteiger partial charge on any atom is -0.381 e. The van der Waals surface area contributed by atoms with E-state index in [2.05, 4.69) is 11.2 Å². The average Bonchev–Trinajstić information content (AvgIpc) is 2.92. The summed E-state index contributed by atoms with van der Waals surface area (Å²) in [6, 6.07) is 19.8. The van der Waals surface area contributed by atoms with Gasteiger partial charge in [-0.2, -0.15) is 5.26 Å². The van der Waals surface area contributed by atoms with Gasteiger partial charge in [-0.1, -0.05) is 30.3 Å². The molecule has 114 valence electrons. The summed E-state index contributed by atoms with van der Waals surface area (Å²) in [5.74, 6) is 0.239. The molecule has 0 spiro atoms. The van der Waals surface area contributed by atoms with Gasteiger partial charge >= 0.3 is 0 Å². The Bertz CT molecular complexity index is 855. The lowest BCUT2D eigenvalue weighted by atomic mass is 10.1. The highest BCUT2D eigenvalue weighted by atomic mass is 15.3. The van der Waals surface area contributed by atoms with Gasteiger partial charge in [0.15, 0.2) is 5.82 Å². The van der Waals surface area contributed by atoms with E-state index in [0.717, 1.165) is 16.9 Å². The van der Waals surface area contributed by atoms with Crippen molar-refractivity contribution < 1.29 is 0 Å². The summed E-state index contributed by atoms with van der Waals surface area (Å²) in [5, 5.41) is 13.8. The summed E-state index contributed by atoms with van der Waals surface area (Å²) in [7, 11) is 3.98. The average molecular weight is 303 g/mol. The van der Waals surface area contributed by atoms with Crippen LogP contribution in [0, 0.1) is 11.3 Å². The molecular formula is C18H17N5. The highest BCUT2D eigenvalue weighted by molar-refractivity contribution is 5.75. The maximum Gasteiger partial charge on any atom is 0.164 e. The van der Waals surface area contributed by atoms with Crippen LogP contribution in [0.1, 0.15) is 5.56 Å². The number of nitrogen functional groups attached to an aromatic ring is 1. The zero-order valence-corrected chi connectivity index (χ0v) is 13.1. The van der Waals surface area contributed by atoms with Gasteiger partial charge in [-0.3, -0.25) is 0 Å². The van der Waals surface area contributed by atoms with Gasteiger partial charge in [0.05, 0.1) is 11.4 Å². The molecule has 5 heteroatoms. The summed E-state index contributed by atoms with van der Waals surface area (Å²) in [6.45, 7) is 0. The van der Waals surface area contributed by atoms with Crippen LogP contribution in [0.2, 0.25) is 0 Å². The van der Waals surface area contributed by atoms with Gasteiger partial charge in [0.25, 0.3) is 0 Å². The number of benzene rings is 2. The summed E-state index contributed by atoms with van der Waals surface area (Å²) in [5.41, 5.74) is 9.91. The van der Waals surface area contributed by atoms with E-state index in [9.17, 15) is 5.26 Å². The molecule has 0 saturated carbocycles. The Labute approximate surface area is 135 Å². The third-order valence-corrected chi connectivity index (χ3v) is 3.68. The molecule has 3 aromatic rings. The fourth-order valence-electron chi connectivity index (χ4n) is 2.49.